The molecule has 3 aromatic rings. The van der Waals surface area contributed by atoms with Crippen molar-refractivity contribution in [3.63, 3.8) is 0 Å². The number of nitriles is 1. The summed E-state index contributed by atoms with van der Waals surface area (Å²) in [6.07, 6.45) is 0. The SMILES string of the molecule is N#Cc1c(-c2ccc(Oc3ccccc3)cc2)n[nH]c1[AsH2]. The molecule has 3 rings (SSSR count). The molecule has 1 atom stereocenters. The molecule has 1 heterocycles. The summed E-state index contributed by atoms with van der Waals surface area (Å²) in [4.78, 5) is 0. The summed E-state index contributed by atoms with van der Waals surface area (Å²) < 4.78 is 6.58. The average Bonchev–Trinajstić information content (AvgIpc) is 2.90. The van der Waals surface area contributed by atoms with Crippen LogP contribution in [-0.2, 0) is 0 Å². The number of para-hydroxylation sites is 1. The Morgan fingerprint density at radius 2 is 1.67 bits per heavy atom. The van der Waals surface area contributed by atoms with Crippen molar-refractivity contribution in [2.45, 2.75) is 0 Å². The summed E-state index contributed by atoms with van der Waals surface area (Å²) in [5.74, 6) is 1.54. The van der Waals surface area contributed by atoms with Gasteiger partial charge in [-0.05, 0) is 0 Å². The zero-order chi connectivity index (χ0) is 14.7. The summed E-state index contributed by atoms with van der Waals surface area (Å²) in [5, 5.41) is 16.2. The van der Waals surface area contributed by atoms with Gasteiger partial charge in [-0.3, -0.25) is 0 Å². The van der Waals surface area contributed by atoms with E-state index in [0.717, 1.165) is 21.5 Å². The van der Waals surface area contributed by atoms with Gasteiger partial charge in [-0.1, -0.05) is 0 Å². The summed E-state index contributed by atoms with van der Waals surface area (Å²) in [6, 6.07) is 19.4. The third-order valence-corrected chi connectivity index (χ3v) is 3.89. The van der Waals surface area contributed by atoms with Crippen LogP contribution in [0.2, 0.25) is 0 Å². The maximum atomic E-state index is 9.17. The van der Waals surface area contributed by atoms with E-state index in [1.807, 2.05) is 54.6 Å². The van der Waals surface area contributed by atoms with Crippen LogP contribution < -0.4 is 9.22 Å². The summed E-state index contributed by atoms with van der Waals surface area (Å²) in [6.45, 7) is 0. The predicted molar refractivity (Wildman–Crippen MR) is 83.4 cm³/mol. The van der Waals surface area contributed by atoms with E-state index in [9.17, 15) is 5.26 Å². The summed E-state index contributed by atoms with van der Waals surface area (Å²) >= 11 is 1.36. The average molecular weight is 337 g/mol. The summed E-state index contributed by atoms with van der Waals surface area (Å²) in [5.41, 5.74) is 2.18. The Balaban J connectivity index is 1.86. The van der Waals surface area contributed by atoms with Crippen molar-refractivity contribution in [3.8, 4) is 28.8 Å². The van der Waals surface area contributed by atoms with E-state index < -0.39 is 0 Å². The van der Waals surface area contributed by atoms with Gasteiger partial charge < -0.3 is 0 Å². The van der Waals surface area contributed by atoms with Crippen LogP contribution >= 0.6 is 0 Å². The van der Waals surface area contributed by atoms with Crippen LogP contribution in [0.4, 0.5) is 0 Å². The monoisotopic (exact) mass is 337 g/mol. The van der Waals surface area contributed by atoms with Crippen molar-refractivity contribution in [1.29, 1.82) is 5.26 Å². The van der Waals surface area contributed by atoms with Gasteiger partial charge in [-0.15, -0.1) is 0 Å². The molecule has 0 saturated carbocycles. The Hall–Kier alpha value is -2.50. The van der Waals surface area contributed by atoms with Gasteiger partial charge in [0.15, 0.2) is 0 Å². The van der Waals surface area contributed by atoms with E-state index in [2.05, 4.69) is 16.3 Å². The van der Waals surface area contributed by atoms with Crippen LogP contribution in [0.3, 0.4) is 0 Å². The van der Waals surface area contributed by atoms with Crippen molar-refractivity contribution in [1.82, 2.24) is 10.2 Å². The molecule has 0 spiro atoms. The topological polar surface area (TPSA) is 61.7 Å². The van der Waals surface area contributed by atoms with Gasteiger partial charge in [-0.2, -0.15) is 0 Å². The van der Waals surface area contributed by atoms with E-state index in [4.69, 9.17) is 4.74 Å². The van der Waals surface area contributed by atoms with Gasteiger partial charge in [0.25, 0.3) is 0 Å². The Morgan fingerprint density at radius 3 is 2.33 bits per heavy atom. The molecule has 0 amide bonds. The third-order valence-electron chi connectivity index (χ3n) is 3.01. The van der Waals surface area contributed by atoms with Gasteiger partial charge in [-0.25, -0.2) is 0 Å². The molecule has 0 radical (unpaired) electrons. The number of nitrogens with zero attached hydrogens (tertiary/aromatic N) is 2. The molecule has 102 valence electrons. The standard InChI is InChI=1S/C16H12AsN3O/c17-16-14(10-18)15(19-20-16)11-6-8-13(9-7-11)21-12-4-2-1-3-5-12/h1-9H,17H2,(H,19,20). The van der Waals surface area contributed by atoms with E-state index in [0.29, 0.717) is 11.3 Å². The molecular formula is C16H12AsN3O. The number of nitrogens with one attached hydrogen (secondary N) is 1. The molecule has 0 bridgehead atoms. The van der Waals surface area contributed by atoms with Gasteiger partial charge in [0, 0.05) is 0 Å². The molecule has 0 saturated heterocycles. The Morgan fingerprint density at radius 1 is 1.00 bits per heavy atom. The minimum atomic E-state index is 0.603. The van der Waals surface area contributed by atoms with Crippen LogP contribution in [0.5, 0.6) is 11.5 Å². The number of ether oxygens (including phenoxy) is 1. The first-order valence-electron chi connectivity index (χ1n) is 6.35. The zero-order valence-electron chi connectivity index (χ0n) is 11.1. The van der Waals surface area contributed by atoms with Crippen molar-refractivity contribution in [2.24, 2.45) is 0 Å². The molecule has 21 heavy (non-hydrogen) atoms. The van der Waals surface area contributed by atoms with E-state index in [-0.39, 0.29) is 0 Å². The molecule has 5 heteroatoms. The number of benzene rings is 2. The van der Waals surface area contributed by atoms with Gasteiger partial charge in [0.2, 0.25) is 0 Å². The van der Waals surface area contributed by atoms with Crippen molar-refractivity contribution in [2.75, 3.05) is 0 Å². The van der Waals surface area contributed by atoms with E-state index in [1.165, 1.54) is 16.9 Å². The molecule has 4 nitrogen and oxygen atoms in total. The number of H-pyrrole nitrogens is 1. The second kappa shape index (κ2) is 5.86. The third kappa shape index (κ3) is 2.84. The molecular weight excluding hydrogens is 325 g/mol. The number of hydrogen-bond acceptors (Lipinski definition) is 3. The van der Waals surface area contributed by atoms with E-state index in [1.54, 1.807) is 0 Å². The summed E-state index contributed by atoms with van der Waals surface area (Å²) in [7, 11) is 0. The van der Waals surface area contributed by atoms with Gasteiger partial charge >= 0.3 is 131 Å². The van der Waals surface area contributed by atoms with Gasteiger partial charge in [0.1, 0.15) is 0 Å². The number of hydrogen-bond donors (Lipinski definition) is 1. The van der Waals surface area contributed by atoms with Gasteiger partial charge in [0.05, 0.1) is 0 Å². The number of rotatable bonds is 3. The van der Waals surface area contributed by atoms with Crippen LogP contribution in [0.1, 0.15) is 5.56 Å². The molecule has 1 N–H and O–H groups in total. The van der Waals surface area contributed by atoms with Crippen molar-refractivity contribution >= 4 is 21.3 Å². The molecule has 1 aromatic heterocycles. The minimum absolute atomic E-state index is 0.603. The van der Waals surface area contributed by atoms with Crippen LogP contribution in [-0.4, -0.2) is 27.1 Å². The Kier molecular flexibility index (Phi) is 3.76. The number of aromatic nitrogens is 2. The van der Waals surface area contributed by atoms with Crippen LogP contribution in [0, 0.1) is 11.3 Å². The second-order valence-electron chi connectivity index (χ2n) is 4.41. The fourth-order valence-corrected chi connectivity index (χ4v) is 2.54. The second-order valence-corrected chi connectivity index (χ2v) is 5.62. The zero-order valence-corrected chi connectivity index (χ0v) is 13.5. The normalized spacial score (nSPS) is 10.1. The van der Waals surface area contributed by atoms with Crippen LogP contribution in [0.15, 0.2) is 54.6 Å². The first-order chi connectivity index (χ1) is 10.3. The molecule has 2 aromatic carbocycles. The molecule has 0 aliphatic carbocycles. The predicted octanol–water partition coefficient (Wildman–Crippen LogP) is 2.00. The fraction of sp³-hybridized carbons (Fsp3) is 0. The first-order valence-corrected chi connectivity index (χ1v) is 7.56. The molecule has 0 aliphatic heterocycles. The quantitative estimate of drug-likeness (QED) is 0.744. The number of aromatic amines is 1. The molecule has 0 aliphatic rings. The first kappa shape index (κ1) is 13.5. The fourth-order valence-electron chi connectivity index (χ4n) is 1.98. The van der Waals surface area contributed by atoms with Crippen LogP contribution in [0.25, 0.3) is 11.3 Å². The van der Waals surface area contributed by atoms with Crippen molar-refractivity contribution < 1.29 is 4.74 Å². The Bertz CT molecular complexity index is 789. The molecule has 0 fully saturated rings. The van der Waals surface area contributed by atoms with E-state index >= 15 is 0 Å². The van der Waals surface area contributed by atoms with Crippen molar-refractivity contribution in [3.05, 3.63) is 60.2 Å². The maximum absolute atomic E-state index is 9.17. The molecule has 1 unspecified atom stereocenters. The Labute approximate surface area is 130 Å².